The number of pyridine rings is 1. The van der Waals surface area contributed by atoms with Crippen molar-refractivity contribution in [3.63, 3.8) is 0 Å². The molecule has 48 heavy (non-hydrogen) atoms. The van der Waals surface area contributed by atoms with Gasteiger partial charge in [0.15, 0.2) is 5.82 Å². The first-order valence-electron chi connectivity index (χ1n) is 17.0. The van der Waals surface area contributed by atoms with Crippen LogP contribution in [0.25, 0.3) is 32.9 Å². The number of aromatic nitrogens is 3. The summed E-state index contributed by atoms with van der Waals surface area (Å²) < 4.78 is 59.3. The van der Waals surface area contributed by atoms with Gasteiger partial charge >= 0.3 is 6.01 Å². The molecule has 4 aromatic rings. The van der Waals surface area contributed by atoms with E-state index in [-0.39, 0.29) is 45.2 Å². The molecule has 4 atom stereocenters. The van der Waals surface area contributed by atoms with E-state index in [1.54, 1.807) is 18.2 Å². The number of benzene rings is 2. The minimum atomic E-state index is -1.08. The lowest BCUT2D eigenvalue weighted by atomic mass is 9.78. The molecular formula is C37H35F3N6O2. The van der Waals surface area contributed by atoms with Gasteiger partial charge in [-0.3, -0.25) is 9.88 Å². The summed E-state index contributed by atoms with van der Waals surface area (Å²) in [4.78, 5) is 18.6. The van der Waals surface area contributed by atoms with Crippen LogP contribution in [0.1, 0.15) is 44.1 Å². The highest BCUT2D eigenvalue weighted by molar-refractivity contribution is 6.03. The van der Waals surface area contributed by atoms with Gasteiger partial charge in [-0.1, -0.05) is 12.0 Å². The molecule has 246 valence electrons. The SMILES string of the molecule is C#Cc1c(F)ccc2cc(N)cc(-c3ncc4c(N5CCOC[C@H]6[C@H](F)[C@H]65)nc(OC[C@@]56CC7(CC7)CN5CCC65CC5)nc4c3F)c12. The number of rotatable bonds is 5. The number of anilines is 2. The number of hydrogen-bond donors (Lipinski definition) is 1. The molecule has 2 spiro atoms. The van der Waals surface area contributed by atoms with Crippen molar-refractivity contribution in [3.8, 4) is 29.6 Å². The van der Waals surface area contributed by atoms with Crippen LogP contribution in [0.2, 0.25) is 0 Å². The van der Waals surface area contributed by atoms with Crippen LogP contribution in [0.15, 0.2) is 30.5 Å². The summed E-state index contributed by atoms with van der Waals surface area (Å²) >= 11 is 0. The van der Waals surface area contributed by atoms with Crippen molar-refractivity contribution < 1.29 is 22.6 Å². The number of alkyl halides is 1. The van der Waals surface area contributed by atoms with Crippen LogP contribution in [0.4, 0.5) is 24.7 Å². The summed E-state index contributed by atoms with van der Waals surface area (Å²) in [6.07, 6.45) is 13.3. The highest BCUT2D eigenvalue weighted by Crippen LogP contribution is 2.72. The summed E-state index contributed by atoms with van der Waals surface area (Å²) in [6, 6.07) is 5.65. The summed E-state index contributed by atoms with van der Waals surface area (Å²) in [5, 5.41) is 1.22. The maximum absolute atomic E-state index is 17.0. The lowest BCUT2D eigenvalue weighted by molar-refractivity contribution is 0.0640. The van der Waals surface area contributed by atoms with E-state index in [0.717, 1.165) is 19.5 Å². The molecule has 10 rings (SSSR count). The molecule has 11 heteroatoms. The van der Waals surface area contributed by atoms with E-state index >= 15 is 8.78 Å². The molecule has 3 saturated carbocycles. The number of nitrogen functional groups attached to an aromatic ring is 1. The standard InChI is InChI=1S/C37H35F3N6O2/c1-2-22-26(38)4-3-20-13-21(41)14-23(27(20)22)30-29(40)31-24(15-42-30)33(46-11-12-47-16-25-28(39)32(25)46)44-34(43-31)48-19-37-17-35(5-6-35)18-45(37)10-9-36(37)7-8-36/h1,3-4,13-15,25,28,32H,5-12,16-19,41H2/t25-,28-,32-,37+/m0/s1. The fourth-order valence-electron chi connectivity index (χ4n) is 9.57. The Morgan fingerprint density at radius 3 is 2.75 bits per heavy atom. The number of fused-ring (bicyclic) bond motifs is 5. The van der Waals surface area contributed by atoms with Gasteiger partial charge in [-0.25, -0.2) is 13.2 Å². The molecule has 2 N–H and O–H groups in total. The summed E-state index contributed by atoms with van der Waals surface area (Å²) in [5.41, 5.74) is 7.31. The predicted molar refractivity (Wildman–Crippen MR) is 175 cm³/mol. The van der Waals surface area contributed by atoms with Crippen molar-refractivity contribution in [1.82, 2.24) is 19.9 Å². The van der Waals surface area contributed by atoms with Gasteiger partial charge in [0.1, 0.15) is 35.6 Å². The highest BCUT2D eigenvalue weighted by atomic mass is 19.1. The molecule has 2 aromatic heterocycles. The molecule has 3 aliphatic carbocycles. The molecule has 3 aliphatic heterocycles. The Morgan fingerprint density at radius 2 is 1.96 bits per heavy atom. The fourth-order valence-corrected chi connectivity index (χ4v) is 9.57. The van der Waals surface area contributed by atoms with E-state index in [4.69, 9.17) is 26.6 Å². The van der Waals surface area contributed by atoms with Crippen LogP contribution in [0.3, 0.4) is 0 Å². The quantitative estimate of drug-likeness (QED) is 0.219. The van der Waals surface area contributed by atoms with Gasteiger partial charge in [0.2, 0.25) is 0 Å². The molecule has 6 aliphatic rings. The molecule has 6 fully saturated rings. The molecule has 5 heterocycles. The first kappa shape index (κ1) is 28.8. The van der Waals surface area contributed by atoms with Crippen molar-refractivity contribution in [1.29, 1.82) is 0 Å². The number of nitrogens with two attached hydrogens (primary N) is 1. The second kappa shape index (κ2) is 9.73. The molecule has 8 nitrogen and oxygen atoms in total. The molecule has 0 bridgehead atoms. The van der Waals surface area contributed by atoms with Crippen molar-refractivity contribution in [2.75, 3.05) is 50.1 Å². The zero-order chi connectivity index (χ0) is 32.6. The summed E-state index contributed by atoms with van der Waals surface area (Å²) in [7, 11) is 0. The smallest absolute Gasteiger partial charge is 0.319 e. The minimum absolute atomic E-state index is 0.00565. The van der Waals surface area contributed by atoms with Crippen LogP contribution in [0, 0.1) is 40.7 Å². The monoisotopic (exact) mass is 652 g/mol. The second-order valence-corrected chi connectivity index (χ2v) is 15.1. The number of nitrogens with zero attached hydrogens (tertiary/aromatic N) is 5. The lowest BCUT2D eigenvalue weighted by Gasteiger charge is -2.37. The topological polar surface area (TPSA) is 89.6 Å². The Balaban J connectivity index is 1.13. The van der Waals surface area contributed by atoms with E-state index in [2.05, 4.69) is 20.8 Å². The van der Waals surface area contributed by atoms with E-state index in [1.807, 2.05) is 4.90 Å². The molecule has 0 unspecified atom stereocenters. The molecular weight excluding hydrogens is 617 g/mol. The van der Waals surface area contributed by atoms with Gasteiger partial charge in [-0.05, 0) is 79.5 Å². The average molecular weight is 653 g/mol. The maximum atomic E-state index is 17.0. The van der Waals surface area contributed by atoms with Gasteiger partial charge in [0.05, 0.1) is 35.7 Å². The first-order valence-corrected chi connectivity index (χ1v) is 17.0. The first-order chi connectivity index (χ1) is 23.3. The normalized spacial score (nSPS) is 29.2. The number of hydrogen-bond acceptors (Lipinski definition) is 8. The number of halogens is 3. The van der Waals surface area contributed by atoms with Gasteiger partial charge in [0.25, 0.3) is 0 Å². The molecule has 3 saturated heterocycles. The van der Waals surface area contributed by atoms with Crippen molar-refractivity contribution in [2.45, 2.75) is 56.3 Å². The second-order valence-electron chi connectivity index (χ2n) is 15.1. The highest BCUT2D eigenvalue weighted by Gasteiger charge is 2.72. The van der Waals surface area contributed by atoms with E-state index < -0.39 is 23.8 Å². The third-order valence-corrected chi connectivity index (χ3v) is 12.5. The molecule has 0 radical (unpaired) electrons. The van der Waals surface area contributed by atoms with Crippen LogP contribution < -0.4 is 15.4 Å². The van der Waals surface area contributed by atoms with Gasteiger partial charge in [0, 0.05) is 41.8 Å². The molecule has 2 aromatic carbocycles. The zero-order valence-electron chi connectivity index (χ0n) is 26.4. The van der Waals surface area contributed by atoms with Crippen molar-refractivity contribution >= 4 is 33.2 Å². The van der Waals surface area contributed by atoms with E-state index in [9.17, 15) is 4.39 Å². The Labute approximate surface area is 275 Å². The largest absolute Gasteiger partial charge is 0.461 e. The Hall–Kier alpha value is -4.14. The Bertz CT molecular complexity index is 2090. The average Bonchev–Trinajstić information content (AvgIpc) is 4.01. The minimum Gasteiger partial charge on any atom is -0.461 e. The molecule has 0 amide bonds. The maximum Gasteiger partial charge on any atom is 0.319 e. The van der Waals surface area contributed by atoms with Gasteiger partial charge < -0.3 is 20.1 Å². The van der Waals surface area contributed by atoms with Crippen molar-refractivity contribution in [3.05, 3.63) is 47.7 Å². The predicted octanol–water partition coefficient (Wildman–Crippen LogP) is 5.65. The third kappa shape index (κ3) is 3.96. The Morgan fingerprint density at radius 1 is 1.10 bits per heavy atom. The van der Waals surface area contributed by atoms with Gasteiger partial charge in [-0.2, -0.15) is 9.97 Å². The van der Waals surface area contributed by atoms with Gasteiger partial charge in [-0.15, -0.1) is 6.42 Å². The fraction of sp³-hybridized carbons (Fsp3) is 0.486. The zero-order valence-corrected chi connectivity index (χ0v) is 26.4. The Kier molecular flexibility index (Phi) is 5.84. The van der Waals surface area contributed by atoms with E-state index in [1.165, 1.54) is 44.4 Å². The van der Waals surface area contributed by atoms with Crippen LogP contribution in [-0.2, 0) is 4.74 Å². The number of terminal acetylenes is 1. The summed E-state index contributed by atoms with van der Waals surface area (Å²) in [5.74, 6) is 1.15. The third-order valence-electron chi connectivity index (χ3n) is 12.5. The van der Waals surface area contributed by atoms with E-state index in [0.29, 0.717) is 59.4 Å². The summed E-state index contributed by atoms with van der Waals surface area (Å²) in [6.45, 7) is 3.68. The van der Waals surface area contributed by atoms with Crippen molar-refractivity contribution in [2.24, 2.45) is 16.7 Å². The van der Waals surface area contributed by atoms with Crippen LogP contribution in [-0.4, -0.2) is 77.1 Å². The number of ether oxygens (including phenoxy) is 2. The lowest BCUT2D eigenvalue weighted by Crippen LogP contribution is -2.49. The van der Waals surface area contributed by atoms with Crippen LogP contribution in [0.5, 0.6) is 6.01 Å². The van der Waals surface area contributed by atoms with Crippen LogP contribution >= 0.6 is 0 Å².